The monoisotopic (exact) mass is 344 g/mol. The van der Waals surface area contributed by atoms with Crippen LogP contribution in [0.3, 0.4) is 0 Å². The van der Waals surface area contributed by atoms with Crippen molar-refractivity contribution in [1.29, 1.82) is 0 Å². The number of rotatable bonds is 5. The Kier molecular flexibility index (Phi) is 4.35. The van der Waals surface area contributed by atoms with Gasteiger partial charge in [0.1, 0.15) is 17.5 Å². The second-order valence-electron chi connectivity index (χ2n) is 6.49. The predicted octanol–water partition coefficient (Wildman–Crippen LogP) is 4.81. The highest BCUT2D eigenvalue weighted by Crippen LogP contribution is 2.29. The summed E-state index contributed by atoms with van der Waals surface area (Å²) in [5, 5.41) is 7.60. The summed E-state index contributed by atoms with van der Waals surface area (Å²) in [7, 11) is 0. The number of anilines is 1. The zero-order valence-electron chi connectivity index (χ0n) is 14.8. The molecule has 0 aliphatic heterocycles. The molecule has 5 heteroatoms. The molecule has 26 heavy (non-hydrogen) atoms. The van der Waals surface area contributed by atoms with Crippen molar-refractivity contribution in [3.8, 4) is 11.3 Å². The van der Waals surface area contributed by atoms with Gasteiger partial charge >= 0.3 is 0 Å². The van der Waals surface area contributed by atoms with Crippen LogP contribution in [-0.4, -0.2) is 21.7 Å². The summed E-state index contributed by atoms with van der Waals surface area (Å²) in [4.78, 5) is 8.72. The maximum Gasteiger partial charge on any atom is 0.228 e. The first-order valence-corrected chi connectivity index (χ1v) is 8.68. The Balaban J connectivity index is 1.60. The van der Waals surface area contributed by atoms with E-state index in [-0.39, 0.29) is 0 Å². The SMILES string of the molecule is Cc1ccc(-c2noc3c(NC[C@H](C)c4ccccc4)ncnc23)cc1. The molecular weight excluding hydrogens is 324 g/mol. The summed E-state index contributed by atoms with van der Waals surface area (Å²) in [6, 6.07) is 18.6. The average Bonchev–Trinajstić information content (AvgIpc) is 3.12. The first-order chi connectivity index (χ1) is 12.7. The van der Waals surface area contributed by atoms with Crippen LogP contribution in [0.15, 0.2) is 65.4 Å². The Morgan fingerprint density at radius 2 is 1.77 bits per heavy atom. The summed E-state index contributed by atoms with van der Waals surface area (Å²) in [6.45, 7) is 4.98. The molecular formula is C21H20N4O. The molecule has 4 aromatic rings. The van der Waals surface area contributed by atoms with E-state index >= 15 is 0 Å². The zero-order chi connectivity index (χ0) is 17.9. The molecule has 0 aliphatic carbocycles. The van der Waals surface area contributed by atoms with Crippen LogP contribution in [0.1, 0.15) is 24.0 Å². The number of nitrogens with zero attached hydrogens (tertiary/aromatic N) is 3. The molecule has 5 nitrogen and oxygen atoms in total. The average molecular weight is 344 g/mol. The van der Waals surface area contributed by atoms with Crippen molar-refractivity contribution in [2.75, 3.05) is 11.9 Å². The first-order valence-electron chi connectivity index (χ1n) is 8.68. The normalized spacial score (nSPS) is 12.2. The van der Waals surface area contributed by atoms with Crippen LogP contribution in [0.4, 0.5) is 5.82 Å². The number of hydrogen-bond acceptors (Lipinski definition) is 5. The van der Waals surface area contributed by atoms with Crippen LogP contribution in [0, 0.1) is 6.92 Å². The van der Waals surface area contributed by atoms with Crippen molar-refractivity contribution in [3.63, 3.8) is 0 Å². The second-order valence-corrected chi connectivity index (χ2v) is 6.49. The first kappa shape index (κ1) is 16.3. The van der Waals surface area contributed by atoms with Gasteiger partial charge in [0.05, 0.1) is 0 Å². The van der Waals surface area contributed by atoms with E-state index in [4.69, 9.17) is 4.52 Å². The smallest absolute Gasteiger partial charge is 0.228 e. The molecule has 0 spiro atoms. The largest absolute Gasteiger partial charge is 0.366 e. The van der Waals surface area contributed by atoms with Gasteiger partial charge in [-0.2, -0.15) is 0 Å². The number of nitrogens with one attached hydrogen (secondary N) is 1. The molecule has 0 fully saturated rings. The van der Waals surface area contributed by atoms with Gasteiger partial charge in [0.15, 0.2) is 5.82 Å². The van der Waals surface area contributed by atoms with Crippen LogP contribution in [-0.2, 0) is 0 Å². The third kappa shape index (κ3) is 3.16. The Morgan fingerprint density at radius 3 is 2.54 bits per heavy atom. The van der Waals surface area contributed by atoms with E-state index in [0.29, 0.717) is 17.3 Å². The van der Waals surface area contributed by atoms with Gasteiger partial charge < -0.3 is 9.84 Å². The second kappa shape index (κ2) is 6.96. The molecule has 1 N–H and O–H groups in total. The van der Waals surface area contributed by atoms with E-state index in [2.05, 4.69) is 70.7 Å². The summed E-state index contributed by atoms with van der Waals surface area (Å²) in [5.41, 5.74) is 5.51. The van der Waals surface area contributed by atoms with E-state index in [0.717, 1.165) is 23.3 Å². The molecule has 1 atom stereocenters. The molecule has 4 rings (SSSR count). The van der Waals surface area contributed by atoms with E-state index in [1.807, 2.05) is 18.2 Å². The molecule has 0 saturated heterocycles. The number of aromatic nitrogens is 3. The van der Waals surface area contributed by atoms with Gasteiger partial charge in [0, 0.05) is 12.1 Å². The van der Waals surface area contributed by atoms with Crippen LogP contribution in [0.2, 0.25) is 0 Å². The van der Waals surface area contributed by atoms with Crippen molar-refractivity contribution >= 4 is 16.9 Å². The van der Waals surface area contributed by atoms with Crippen molar-refractivity contribution in [1.82, 2.24) is 15.1 Å². The molecule has 130 valence electrons. The third-order valence-corrected chi connectivity index (χ3v) is 4.53. The highest BCUT2D eigenvalue weighted by Gasteiger charge is 2.16. The van der Waals surface area contributed by atoms with Gasteiger partial charge in [0.2, 0.25) is 5.58 Å². The van der Waals surface area contributed by atoms with Crippen molar-refractivity contribution in [3.05, 3.63) is 72.1 Å². The van der Waals surface area contributed by atoms with Gasteiger partial charge in [-0.1, -0.05) is 72.2 Å². The summed E-state index contributed by atoms with van der Waals surface area (Å²) in [6.07, 6.45) is 1.55. The maximum atomic E-state index is 5.57. The molecule has 2 aromatic carbocycles. The fourth-order valence-corrected chi connectivity index (χ4v) is 2.94. The summed E-state index contributed by atoms with van der Waals surface area (Å²) >= 11 is 0. The Bertz CT molecular complexity index is 1010. The highest BCUT2D eigenvalue weighted by atomic mass is 16.5. The summed E-state index contributed by atoms with van der Waals surface area (Å²) in [5.74, 6) is 1.02. The van der Waals surface area contributed by atoms with Gasteiger partial charge in [-0.15, -0.1) is 0 Å². The quantitative estimate of drug-likeness (QED) is 0.563. The minimum Gasteiger partial charge on any atom is -0.366 e. The lowest BCUT2D eigenvalue weighted by atomic mass is 10.0. The molecule has 0 bridgehead atoms. The number of fused-ring (bicyclic) bond motifs is 1. The van der Waals surface area contributed by atoms with E-state index in [1.54, 1.807) is 6.33 Å². The van der Waals surface area contributed by atoms with Crippen molar-refractivity contribution < 1.29 is 4.52 Å². The molecule has 2 heterocycles. The van der Waals surface area contributed by atoms with E-state index < -0.39 is 0 Å². The lowest BCUT2D eigenvalue weighted by Gasteiger charge is -2.13. The Morgan fingerprint density at radius 1 is 1.00 bits per heavy atom. The maximum absolute atomic E-state index is 5.57. The molecule has 0 saturated carbocycles. The minimum atomic E-state index is 0.348. The number of benzene rings is 2. The lowest BCUT2D eigenvalue weighted by Crippen LogP contribution is -2.11. The minimum absolute atomic E-state index is 0.348. The topological polar surface area (TPSA) is 63.8 Å². The fourth-order valence-electron chi connectivity index (χ4n) is 2.94. The van der Waals surface area contributed by atoms with Crippen LogP contribution in [0.5, 0.6) is 0 Å². The van der Waals surface area contributed by atoms with Crippen molar-refractivity contribution in [2.24, 2.45) is 0 Å². The fraction of sp³-hybridized carbons (Fsp3) is 0.190. The van der Waals surface area contributed by atoms with Gasteiger partial charge in [-0.05, 0) is 18.4 Å². The number of aryl methyl sites for hydroxylation is 1. The molecule has 0 aliphatic rings. The molecule has 0 amide bonds. The van der Waals surface area contributed by atoms with E-state index in [9.17, 15) is 0 Å². The van der Waals surface area contributed by atoms with Crippen molar-refractivity contribution in [2.45, 2.75) is 19.8 Å². The van der Waals surface area contributed by atoms with Gasteiger partial charge in [-0.25, -0.2) is 9.97 Å². The van der Waals surface area contributed by atoms with E-state index in [1.165, 1.54) is 11.1 Å². The summed E-state index contributed by atoms with van der Waals surface area (Å²) < 4.78 is 5.57. The number of hydrogen-bond donors (Lipinski definition) is 1. The van der Waals surface area contributed by atoms with Gasteiger partial charge in [-0.3, -0.25) is 0 Å². The highest BCUT2D eigenvalue weighted by molar-refractivity contribution is 5.93. The molecule has 0 radical (unpaired) electrons. The third-order valence-electron chi connectivity index (χ3n) is 4.53. The molecule has 0 unspecified atom stereocenters. The van der Waals surface area contributed by atoms with Gasteiger partial charge in [0.25, 0.3) is 0 Å². The zero-order valence-corrected chi connectivity index (χ0v) is 14.8. The van der Waals surface area contributed by atoms with Crippen LogP contribution < -0.4 is 5.32 Å². The van der Waals surface area contributed by atoms with Crippen LogP contribution in [0.25, 0.3) is 22.4 Å². The standard InChI is InChI=1S/C21H20N4O/c1-14-8-10-17(11-9-14)18-19-20(26-25-18)21(24-13-23-19)22-12-15(2)16-6-4-3-5-7-16/h3-11,13,15H,12H2,1-2H3,(H,22,23,24)/t15-/m0/s1. The lowest BCUT2D eigenvalue weighted by molar-refractivity contribution is 0.459. The predicted molar refractivity (Wildman–Crippen MR) is 103 cm³/mol. The van der Waals surface area contributed by atoms with Crippen LogP contribution >= 0.6 is 0 Å². The molecule has 2 aromatic heterocycles. The Labute approximate surface area is 152 Å². The Hall–Kier alpha value is -3.21.